The van der Waals surface area contributed by atoms with Crippen molar-refractivity contribution in [1.82, 2.24) is 0 Å². The first-order valence-electron chi connectivity index (χ1n) is 5.36. The maximum Gasteiger partial charge on any atom is 0.354 e. The summed E-state index contributed by atoms with van der Waals surface area (Å²) >= 11 is 0. The summed E-state index contributed by atoms with van der Waals surface area (Å²) in [6.45, 7) is 0. The molecule has 0 radical (unpaired) electrons. The van der Waals surface area contributed by atoms with Crippen molar-refractivity contribution < 1.29 is 19.6 Å². The van der Waals surface area contributed by atoms with Crippen LogP contribution in [0.2, 0.25) is 0 Å². The Bertz CT molecular complexity index is 815. The molecular formula is C11H5N3O7. The van der Waals surface area contributed by atoms with E-state index in [0.717, 1.165) is 12.1 Å². The number of aldehydes is 1. The van der Waals surface area contributed by atoms with E-state index in [0.29, 0.717) is 12.4 Å². The predicted molar refractivity (Wildman–Crippen MR) is 69.3 cm³/mol. The second-order valence-corrected chi connectivity index (χ2v) is 3.96. The molecule has 0 atom stereocenters. The lowest BCUT2D eigenvalue weighted by Crippen LogP contribution is -2.01. The zero-order valence-corrected chi connectivity index (χ0v) is 10.1. The van der Waals surface area contributed by atoms with Crippen molar-refractivity contribution in [1.29, 1.82) is 0 Å². The van der Waals surface area contributed by atoms with Crippen LogP contribution < -0.4 is 0 Å². The van der Waals surface area contributed by atoms with Gasteiger partial charge in [-0.2, -0.15) is 0 Å². The Morgan fingerprint density at radius 3 is 1.90 bits per heavy atom. The van der Waals surface area contributed by atoms with E-state index in [1.807, 2.05) is 0 Å². The fourth-order valence-corrected chi connectivity index (χ4v) is 1.95. The average Bonchev–Trinajstić information content (AvgIpc) is 2.43. The summed E-state index contributed by atoms with van der Waals surface area (Å²) in [5.74, 6) is 0. The summed E-state index contributed by atoms with van der Waals surface area (Å²) < 4.78 is 0. The van der Waals surface area contributed by atoms with Crippen molar-refractivity contribution >= 4 is 34.1 Å². The highest BCUT2D eigenvalue weighted by molar-refractivity contribution is 6.03. The second kappa shape index (κ2) is 4.92. The Balaban J connectivity index is 3.07. The van der Waals surface area contributed by atoms with Gasteiger partial charge in [0.05, 0.1) is 25.5 Å². The summed E-state index contributed by atoms with van der Waals surface area (Å²) in [5, 5.41) is 32.5. The highest BCUT2D eigenvalue weighted by atomic mass is 16.6. The standard InChI is InChI=1S/C11H5N3O7/c15-5-6-1-2-7-8(3-6)11(14(20)21)10(13(18)19)4-9(7)12(16)17/h1-5H. The molecule has 2 aromatic rings. The van der Waals surface area contributed by atoms with Crippen molar-refractivity contribution in [3.8, 4) is 0 Å². The smallest absolute Gasteiger partial charge is 0.298 e. The molecule has 0 bridgehead atoms. The maximum atomic E-state index is 11.1. The summed E-state index contributed by atoms with van der Waals surface area (Å²) in [7, 11) is 0. The second-order valence-electron chi connectivity index (χ2n) is 3.96. The lowest BCUT2D eigenvalue weighted by atomic mass is 10.0. The van der Waals surface area contributed by atoms with Crippen LogP contribution in [0.4, 0.5) is 17.1 Å². The Kier molecular flexibility index (Phi) is 3.28. The molecule has 0 unspecified atom stereocenters. The molecule has 0 saturated carbocycles. The van der Waals surface area contributed by atoms with E-state index in [-0.39, 0.29) is 16.3 Å². The first-order valence-corrected chi connectivity index (χ1v) is 5.36. The molecule has 21 heavy (non-hydrogen) atoms. The van der Waals surface area contributed by atoms with Gasteiger partial charge < -0.3 is 0 Å². The van der Waals surface area contributed by atoms with Gasteiger partial charge in [-0.3, -0.25) is 35.1 Å². The van der Waals surface area contributed by atoms with Gasteiger partial charge in [-0.15, -0.1) is 0 Å². The van der Waals surface area contributed by atoms with Crippen LogP contribution >= 0.6 is 0 Å². The van der Waals surface area contributed by atoms with Crippen molar-refractivity contribution in [3.05, 3.63) is 60.2 Å². The zero-order valence-electron chi connectivity index (χ0n) is 10.1. The molecule has 0 spiro atoms. The molecule has 0 aliphatic carbocycles. The molecule has 10 heteroatoms. The fraction of sp³-hybridized carbons (Fsp3) is 0. The lowest BCUT2D eigenvalue weighted by molar-refractivity contribution is -0.422. The van der Waals surface area contributed by atoms with Gasteiger partial charge in [0.25, 0.3) is 5.69 Å². The molecule has 2 rings (SSSR count). The van der Waals surface area contributed by atoms with Gasteiger partial charge in [0, 0.05) is 5.56 Å². The Labute approximate surface area is 115 Å². The van der Waals surface area contributed by atoms with Gasteiger partial charge >= 0.3 is 11.4 Å². The van der Waals surface area contributed by atoms with Crippen LogP contribution in [0.1, 0.15) is 10.4 Å². The summed E-state index contributed by atoms with van der Waals surface area (Å²) in [6.07, 6.45) is 0.383. The number of carbonyl (C=O) groups is 1. The summed E-state index contributed by atoms with van der Waals surface area (Å²) in [4.78, 5) is 40.7. The van der Waals surface area contributed by atoms with Gasteiger partial charge in [-0.05, 0) is 12.1 Å². The SMILES string of the molecule is O=Cc1ccc2c([N+](=O)[O-])cc([N+](=O)[O-])c([N+](=O)[O-])c2c1. The van der Waals surface area contributed by atoms with Crippen LogP contribution in [0.5, 0.6) is 0 Å². The van der Waals surface area contributed by atoms with E-state index in [1.54, 1.807) is 0 Å². The van der Waals surface area contributed by atoms with Crippen molar-refractivity contribution in [2.45, 2.75) is 0 Å². The van der Waals surface area contributed by atoms with Crippen molar-refractivity contribution in [3.63, 3.8) is 0 Å². The van der Waals surface area contributed by atoms with Crippen LogP contribution in [0.25, 0.3) is 10.8 Å². The van der Waals surface area contributed by atoms with Gasteiger partial charge in [0.15, 0.2) is 0 Å². The maximum absolute atomic E-state index is 11.1. The number of nitro benzene ring substituents is 3. The molecule has 0 amide bonds. The molecule has 0 aliphatic heterocycles. The fourth-order valence-electron chi connectivity index (χ4n) is 1.95. The topological polar surface area (TPSA) is 146 Å². The molecule has 0 fully saturated rings. The molecule has 0 aliphatic rings. The Morgan fingerprint density at radius 2 is 1.43 bits per heavy atom. The first-order chi connectivity index (χ1) is 9.86. The number of non-ortho nitro benzene ring substituents is 1. The highest BCUT2D eigenvalue weighted by Gasteiger charge is 2.33. The quantitative estimate of drug-likeness (QED) is 0.477. The first kappa shape index (κ1) is 14.0. The molecule has 106 valence electrons. The summed E-state index contributed by atoms with van der Waals surface area (Å²) in [5.41, 5.74) is -2.51. The zero-order chi connectivity index (χ0) is 15.7. The predicted octanol–water partition coefficient (Wildman–Crippen LogP) is 2.38. The van der Waals surface area contributed by atoms with Crippen molar-refractivity contribution in [2.24, 2.45) is 0 Å². The van der Waals surface area contributed by atoms with Crippen molar-refractivity contribution in [2.75, 3.05) is 0 Å². The van der Waals surface area contributed by atoms with E-state index in [2.05, 4.69) is 0 Å². The third-order valence-electron chi connectivity index (χ3n) is 2.80. The van der Waals surface area contributed by atoms with E-state index < -0.39 is 31.8 Å². The number of carbonyl (C=O) groups excluding carboxylic acids is 1. The number of fused-ring (bicyclic) bond motifs is 1. The number of hydrogen-bond donors (Lipinski definition) is 0. The third-order valence-corrected chi connectivity index (χ3v) is 2.80. The average molecular weight is 291 g/mol. The van der Waals surface area contributed by atoms with E-state index in [9.17, 15) is 35.1 Å². The van der Waals surface area contributed by atoms with Crippen LogP contribution in [0, 0.1) is 30.3 Å². The van der Waals surface area contributed by atoms with Gasteiger partial charge in [-0.1, -0.05) is 6.07 Å². The van der Waals surface area contributed by atoms with Gasteiger partial charge in [0.2, 0.25) is 0 Å². The highest BCUT2D eigenvalue weighted by Crippen LogP contribution is 2.40. The normalized spacial score (nSPS) is 10.3. The number of rotatable bonds is 4. The number of benzene rings is 2. The monoisotopic (exact) mass is 291 g/mol. The van der Waals surface area contributed by atoms with E-state index in [1.165, 1.54) is 6.07 Å². The molecule has 10 nitrogen and oxygen atoms in total. The number of nitrogens with zero attached hydrogens (tertiary/aromatic N) is 3. The van der Waals surface area contributed by atoms with Crippen LogP contribution in [0.3, 0.4) is 0 Å². The lowest BCUT2D eigenvalue weighted by Gasteiger charge is -2.03. The minimum Gasteiger partial charge on any atom is -0.298 e. The van der Waals surface area contributed by atoms with Crippen LogP contribution in [0.15, 0.2) is 24.3 Å². The largest absolute Gasteiger partial charge is 0.354 e. The molecule has 0 N–H and O–H groups in total. The van der Waals surface area contributed by atoms with Crippen LogP contribution in [-0.2, 0) is 0 Å². The van der Waals surface area contributed by atoms with Gasteiger partial charge in [-0.25, -0.2) is 0 Å². The molecule has 0 aromatic heterocycles. The molecule has 0 heterocycles. The molecular weight excluding hydrogens is 286 g/mol. The van der Waals surface area contributed by atoms with Crippen LogP contribution in [-0.4, -0.2) is 21.1 Å². The van der Waals surface area contributed by atoms with E-state index >= 15 is 0 Å². The number of nitro groups is 3. The summed E-state index contributed by atoms with van der Waals surface area (Å²) in [6, 6.07) is 3.94. The molecule has 0 saturated heterocycles. The molecule has 2 aromatic carbocycles. The Hall–Kier alpha value is -3.43. The number of hydrogen-bond acceptors (Lipinski definition) is 7. The third kappa shape index (κ3) is 2.25. The van der Waals surface area contributed by atoms with Gasteiger partial charge in [0.1, 0.15) is 12.4 Å². The minimum atomic E-state index is -1.07. The van der Waals surface area contributed by atoms with E-state index in [4.69, 9.17) is 0 Å². The minimum absolute atomic E-state index is 0.0143. The Morgan fingerprint density at radius 1 is 0.810 bits per heavy atom.